The Kier molecular flexibility index (Phi) is 12.1. The first-order valence-electron chi connectivity index (χ1n) is 12.4. The van der Waals surface area contributed by atoms with Gasteiger partial charge in [0.1, 0.15) is 0 Å². The van der Waals surface area contributed by atoms with Gasteiger partial charge < -0.3 is 0 Å². The van der Waals surface area contributed by atoms with Gasteiger partial charge in [0.05, 0.1) is 22.8 Å². The van der Waals surface area contributed by atoms with Crippen molar-refractivity contribution in [3.63, 3.8) is 0 Å². The van der Waals surface area contributed by atoms with Crippen LogP contribution in [0.1, 0.15) is 90.2 Å². The molecule has 2 heteroatoms. The maximum Gasteiger partial charge on any atom is 0.0634 e. The molecule has 2 rings (SSSR count). The predicted octanol–water partition coefficient (Wildman–Crippen LogP) is 9.76. The lowest BCUT2D eigenvalue weighted by atomic mass is 10.0. The van der Waals surface area contributed by atoms with Gasteiger partial charge in [-0.2, -0.15) is 0 Å². The van der Waals surface area contributed by atoms with E-state index in [0.29, 0.717) is 0 Å². The zero-order valence-electron chi connectivity index (χ0n) is 20.5. The molecule has 0 amide bonds. The number of allylic oxidation sites excluding steroid dienone is 2. The molecule has 0 aliphatic heterocycles. The highest BCUT2D eigenvalue weighted by molar-refractivity contribution is 6.43. The van der Waals surface area contributed by atoms with Crippen molar-refractivity contribution in [2.24, 2.45) is 9.98 Å². The third-order valence-electron chi connectivity index (χ3n) is 5.27. The van der Waals surface area contributed by atoms with Crippen LogP contribution in [0.3, 0.4) is 0 Å². The Morgan fingerprint density at radius 2 is 0.969 bits per heavy atom. The SMILES string of the molecule is CCC=Cc1ccc(N=C(CCCC)C(CCCC)=Nc2ccc(C=CCC)cc2)cc1. The van der Waals surface area contributed by atoms with Crippen LogP contribution in [0.2, 0.25) is 0 Å². The Hall–Kier alpha value is -2.74. The minimum absolute atomic E-state index is 0.966. The number of unbranched alkanes of at least 4 members (excludes halogenated alkanes) is 2. The first-order chi connectivity index (χ1) is 15.7. The van der Waals surface area contributed by atoms with E-state index in [1.165, 1.54) is 11.1 Å². The van der Waals surface area contributed by atoms with Crippen LogP contribution in [0.5, 0.6) is 0 Å². The van der Waals surface area contributed by atoms with Crippen molar-refractivity contribution < 1.29 is 0 Å². The van der Waals surface area contributed by atoms with Crippen LogP contribution in [-0.4, -0.2) is 11.4 Å². The van der Waals surface area contributed by atoms with E-state index in [1.54, 1.807) is 0 Å². The minimum Gasteiger partial charge on any atom is -0.252 e. The van der Waals surface area contributed by atoms with Crippen molar-refractivity contribution in [3.05, 3.63) is 71.8 Å². The molecule has 2 aromatic carbocycles. The fourth-order valence-corrected chi connectivity index (χ4v) is 3.36. The van der Waals surface area contributed by atoms with Crippen LogP contribution in [0.15, 0.2) is 70.7 Å². The van der Waals surface area contributed by atoms with Crippen LogP contribution in [-0.2, 0) is 0 Å². The highest BCUT2D eigenvalue weighted by Gasteiger charge is 2.10. The zero-order chi connectivity index (χ0) is 23.0. The van der Waals surface area contributed by atoms with Crippen molar-refractivity contribution in [2.45, 2.75) is 79.1 Å². The third kappa shape index (κ3) is 9.18. The van der Waals surface area contributed by atoms with Gasteiger partial charge in [0.2, 0.25) is 0 Å². The van der Waals surface area contributed by atoms with Gasteiger partial charge in [-0.05, 0) is 73.9 Å². The molecule has 0 bridgehead atoms. The van der Waals surface area contributed by atoms with Crippen molar-refractivity contribution in [1.29, 1.82) is 0 Å². The van der Waals surface area contributed by atoms with Gasteiger partial charge in [-0.3, -0.25) is 9.98 Å². The van der Waals surface area contributed by atoms with Crippen LogP contribution in [0, 0.1) is 0 Å². The average molecular weight is 429 g/mol. The van der Waals surface area contributed by atoms with Gasteiger partial charge in [-0.25, -0.2) is 0 Å². The lowest BCUT2D eigenvalue weighted by molar-refractivity contribution is 0.824. The molecule has 170 valence electrons. The summed E-state index contributed by atoms with van der Waals surface area (Å²) in [6.45, 7) is 8.78. The van der Waals surface area contributed by atoms with E-state index in [9.17, 15) is 0 Å². The standard InChI is InChI=1S/C30H40N2/c1-5-9-13-25-17-21-27(22-18-25)31-29(15-11-7-3)30(16-12-8-4)32-28-23-19-26(20-24-28)14-10-6-2/h9-10,13-14,17-24H,5-8,11-12,15-16H2,1-4H3. The van der Waals surface area contributed by atoms with Gasteiger partial charge in [0.25, 0.3) is 0 Å². The van der Waals surface area contributed by atoms with Crippen molar-refractivity contribution >= 4 is 35.0 Å². The average Bonchev–Trinajstić information content (AvgIpc) is 2.83. The summed E-state index contributed by atoms with van der Waals surface area (Å²) >= 11 is 0. The first kappa shape index (κ1) is 25.5. The first-order valence-corrected chi connectivity index (χ1v) is 12.4. The normalized spacial score (nSPS) is 12.9. The summed E-state index contributed by atoms with van der Waals surface area (Å²) in [5, 5.41) is 0. The topological polar surface area (TPSA) is 24.7 Å². The lowest BCUT2D eigenvalue weighted by Gasteiger charge is -2.11. The Morgan fingerprint density at radius 3 is 1.28 bits per heavy atom. The fourth-order valence-electron chi connectivity index (χ4n) is 3.36. The molecule has 0 heterocycles. The molecule has 0 fully saturated rings. The van der Waals surface area contributed by atoms with Crippen LogP contribution in [0.4, 0.5) is 11.4 Å². The molecule has 0 saturated carbocycles. The van der Waals surface area contributed by atoms with E-state index >= 15 is 0 Å². The van der Waals surface area contributed by atoms with E-state index < -0.39 is 0 Å². The lowest BCUT2D eigenvalue weighted by Crippen LogP contribution is -2.14. The maximum absolute atomic E-state index is 5.08. The molecule has 0 N–H and O–H groups in total. The number of benzene rings is 2. The third-order valence-corrected chi connectivity index (χ3v) is 5.27. The van der Waals surface area contributed by atoms with Crippen LogP contribution in [0.25, 0.3) is 12.2 Å². The van der Waals surface area contributed by atoms with Crippen molar-refractivity contribution in [1.82, 2.24) is 0 Å². The van der Waals surface area contributed by atoms with Gasteiger partial charge in [0, 0.05) is 0 Å². The summed E-state index contributed by atoms with van der Waals surface area (Å²) < 4.78 is 0. The van der Waals surface area contributed by atoms with Gasteiger partial charge in [-0.15, -0.1) is 0 Å². The predicted molar refractivity (Wildman–Crippen MR) is 145 cm³/mol. The Labute approximate surface area is 195 Å². The van der Waals surface area contributed by atoms with E-state index in [2.05, 4.69) is 101 Å². The van der Waals surface area contributed by atoms with Crippen LogP contribution >= 0.6 is 0 Å². The molecule has 2 nitrogen and oxygen atoms in total. The number of aliphatic imine (C=N–C) groups is 2. The molecular weight excluding hydrogens is 388 g/mol. The summed E-state index contributed by atoms with van der Waals surface area (Å²) in [5.74, 6) is 0. The molecule has 0 unspecified atom stereocenters. The van der Waals surface area contributed by atoms with Gasteiger partial charge in [0.15, 0.2) is 0 Å². The molecule has 0 atom stereocenters. The molecule has 32 heavy (non-hydrogen) atoms. The van der Waals surface area contributed by atoms with E-state index in [0.717, 1.165) is 74.2 Å². The second-order valence-electron chi connectivity index (χ2n) is 8.13. The zero-order valence-corrected chi connectivity index (χ0v) is 20.5. The molecule has 2 aromatic rings. The second kappa shape index (κ2) is 15.1. The van der Waals surface area contributed by atoms with Crippen molar-refractivity contribution in [3.8, 4) is 0 Å². The summed E-state index contributed by atoms with van der Waals surface area (Å²) in [6, 6.07) is 17.1. The Morgan fingerprint density at radius 1 is 0.594 bits per heavy atom. The van der Waals surface area contributed by atoms with E-state index in [4.69, 9.17) is 9.98 Å². The van der Waals surface area contributed by atoms with Crippen LogP contribution < -0.4 is 0 Å². The summed E-state index contributed by atoms with van der Waals surface area (Å²) in [6.07, 6.45) is 17.3. The number of hydrogen-bond donors (Lipinski definition) is 0. The second-order valence-corrected chi connectivity index (χ2v) is 8.13. The highest BCUT2D eigenvalue weighted by atomic mass is 14.8. The van der Waals surface area contributed by atoms with Crippen molar-refractivity contribution in [2.75, 3.05) is 0 Å². The molecular formula is C30H40N2. The Bertz CT molecular complexity index is 819. The fraction of sp³-hybridized carbons (Fsp3) is 0.400. The highest BCUT2D eigenvalue weighted by Crippen LogP contribution is 2.20. The van der Waals surface area contributed by atoms with Gasteiger partial charge >= 0.3 is 0 Å². The van der Waals surface area contributed by atoms with Gasteiger partial charge in [-0.1, -0.05) is 89.1 Å². The molecule has 0 radical (unpaired) electrons. The monoisotopic (exact) mass is 428 g/mol. The number of rotatable bonds is 13. The number of nitrogens with zero attached hydrogens (tertiary/aromatic N) is 2. The molecule has 0 spiro atoms. The van der Waals surface area contributed by atoms with E-state index in [-0.39, 0.29) is 0 Å². The summed E-state index contributed by atoms with van der Waals surface area (Å²) in [5.41, 5.74) is 6.72. The van der Waals surface area contributed by atoms with E-state index in [1.807, 2.05) is 0 Å². The number of hydrogen-bond acceptors (Lipinski definition) is 2. The molecule has 0 aromatic heterocycles. The summed E-state index contributed by atoms with van der Waals surface area (Å²) in [4.78, 5) is 10.2. The summed E-state index contributed by atoms with van der Waals surface area (Å²) in [7, 11) is 0. The minimum atomic E-state index is 0.966. The quantitative estimate of drug-likeness (QED) is 0.284. The maximum atomic E-state index is 5.08. The molecule has 0 saturated heterocycles. The largest absolute Gasteiger partial charge is 0.252 e. The smallest absolute Gasteiger partial charge is 0.0634 e. The Balaban J connectivity index is 2.36. The molecule has 0 aliphatic carbocycles. The molecule has 0 aliphatic rings.